The molecule has 5 heteroatoms. The van der Waals surface area contributed by atoms with Gasteiger partial charge >= 0.3 is 21.1 Å². The number of hydrogen-bond acceptors (Lipinski definition) is 3. The molecule has 2 aromatic rings. The van der Waals surface area contributed by atoms with Crippen LogP contribution in [0, 0.1) is 12.1 Å². The maximum atomic E-state index is 4.37. The predicted octanol–water partition coefficient (Wildman–Crippen LogP) is 3.07. The molecule has 98 valence electrons. The quantitative estimate of drug-likeness (QED) is 0.672. The molecule has 2 aromatic heterocycles. The molecule has 0 aliphatic heterocycles. The summed E-state index contributed by atoms with van der Waals surface area (Å²) in [6.45, 7) is 12.5. The normalized spacial score (nSPS) is 10.8. The molecule has 0 amide bonds. The third-order valence-corrected chi connectivity index (χ3v) is 1.79. The van der Waals surface area contributed by atoms with Crippen molar-refractivity contribution in [3.05, 3.63) is 24.1 Å². The zero-order valence-corrected chi connectivity index (χ0v) is 14.8. The van der Waals surface area contributed by atoms with E-state index in [9.17, 15) is 0 Å². The van der Waals surface area contributed by atoms with Crippen molar-refractivity contribution in [3.8, 4) is 0 Å². The minimum atomic E-state index is -0.0397. The van der Waals surface area contributed by atoms with E-state index in [0.29, 0.717) is 0 Å². The van der Waals surface area contributed by atoms with Gasteiger partial charge in [-0.2, -0.15) is 25.9 Å². The number of fused-ring (bicyclic) bond motifs is 1. The number of H-pyrrole nitrogens is 1. The standard InChI is InChI=1S/C9H11N4.C4H9.W/c1-9(2,3)8-10-4-7-6(12-8)5-11-13-7;1-4(2)3;/h5H,1-3H3,(H,11,13);1-3H3;/q2*-1;+2. The van der Waals surface area contributed by atoms with E-state index >= 15 is 0 Å². The first kappa shape index (κ1) is 17.2. The first-order valence-corrected chi connectivity index (χ1v) is 5.66. The second-order valence-corrected chi connectivity index (χ2v) is 5.54. The van der Waals surface area contributed by atoms with Gasteiger partial charge in [-0.25, -0.2) is 0 Å². The molecule has 0 aliphatic rings. The molecule has 0 aliphatic carbocycles. The molecule has 0 radical (unpaired) electrons. The minimum Gasteiger partial charge on any atom is -0.370 e. The smallest absolute Gasteiger partial charge is 0.370 e. The van der Waals surface area contributed by atoms with E-state index in [1.54, 1.807) is 6.20 Å². The summed E-state index contributed by atoms with van der Waals surface area (Å²) in [5.41, 5.74) is 1.54. The van der Waals surface area contributed by atoms with Crippen LogP contribution in [0.5, 0.6) is 0 Å². The van der Waals surface area contributed by atoms with Crippen molar-refractivity contribution in [2.24, 2.45) is 0 Å². The Bertz CT molecular complexity index is 468. The summed E-state index contributed by atoms with van der Waals surface area (Å²) in [4.78, 5) is 8.51. The summed E-state index contributed by atoms with van der Waals surface area (Å²) in [6, 6.07) is 0. The Kier molecular flexibility index (Phi) is 6.69. The number of nitrogens with one attached hydrogen (secondary N) is 1. The fraction of sp³-hybridized carbons (Fsp3) is 0.538. The van der Waals surface area contributed by atoms with Gasteiger partial charge in [0.2, 0.25) is 0 Å². The maximum Gasteiger partial charge on any atom is 2.00 e. The molecular weight excluding hydrogens is 396 g/mol. The molecule has 1 N–H and O–H groups in total. The molecule has 4 nitrogen and oxygen atoms in total. The molecule has 0 atom stereocenters. The molecule has 0 unspecified atom stereocenters. The van der Waals surface area contributed by atoms with Crippen molar-refractivity contribution in [1.82, 2.24) is 20.2 Å². The Morgan fingerprint density at radius 3 is 2.28 bits per heavy atom. The number of aromatic nitrogens is 4. The fourth-order valence-electron chi connectivity index (χ4n) is 1.03. The SMILES string of the molecule is CC(C)(C)c1n[c-]c2[nH]ncc2n1.C[C-](C)C.[W+2]. The first-order valence-electron chi connectivity index (χ1n) is 5.66. The van der Waals surface area contributed by atoms with Crippen molar-refractivity contribution < 1.29 is 21.1 Å². The van der Waals surface area contributed by atoms with Crippen LogP contribution in [0.25, 0.3) is 11.0 Å². The monoisotopic (exact) mass is 416 g/mol. The number of hydrogen-bond donors (Lipinski definition) is 1. The van der Waals surface area contributed by atoms with Gasteiger partial charge in [0, 0.05) is 12.0 Å². The van der Waals surface area contributed by atoms with Gasteiger partial charge in [-0.3, -0.25) is 0 Å². The van der Waals surface area contributed by atoms with Crippen molar-refractivity contribution in [1.29, 1.82) is 0 Å². The van der Waals surface area contributed by atoms with Crippen molar-refractivity contribution in [2.45, 2.75) is 47.0 Å². The van der Waals surface area contributed by atoms with Crippen LogP contribution < -0.4 is 0 Å². The van der Waals surface area contributed by atoms with Gasteiger partial charge in [-0.15, -0.1) is 0 Å². The van der Waals surface area contributed by atoms with E-state index in [1.165, 1.54) is 5.92 Å². The van der Waals surface area contributed by atoms with Gasteiger partial charge in [0.15, 0.2) is 0 Å². The average Bonchev–Trinajstić information content (AvgIpc) is 2.61. The van der Waals surface area contributed by atoms with Crippen LogP contribution >= 0.6 is 0 Å². The topological polar surface area (TPSA) is 54.5 Å². The Hall–Kier alpha value is -0.762. The number of nitrogens with zero attached hydrogens (tertiary/aromatic N) is 3. The molecular formula is C13H20N4W. The van der Waals surface area contributed by atoms with Crippen LogP contribution in [0.2, 0.25) is 0 Å². The minimum absolute atomic E-state index is 0. The maximum absolute atomic E-state index is 4.37. The molecule has 0 fully saturated rings. The largest absolute Gasteiger partial charge is 2.00 e. The average molecular weight is 416 g/mol. The van der Waals surface area contributed by atoms with Gasteiger partial charge < -0.3 is 21.0 Å². The van der Waals surface area contributed by atoms with E-state index < -0.39 is 0 Å². The number of aromatic amines is 1. The third kappa shape index (κ3) is 5.26. The van der Waals surface area contributed by atoms with E-state index in [2.05, 4.69) is 67.9 Å². The first-order chi connectivity index (χ1) is 7.80. The summed E-state index contributed by atoms with van der Waals surface area (Å²) in [5, 5.41) is 6.63. The van der Waals surface area contributed by atoms with Crippen LogP contribution in [-0.4, -0.2) is 20.2 Å². The molecule has 0 saturated carbocycles. The van der Waals surface area contributed by atoms with E-state index in [-0.39, 0.29) is 26.5 Å². The van der Waals surface area contributed by atoms with Crippen LogP contribution in [0.3, 0.4) is 0 Å². The summed E-state index contributed by atoms with van der Waals surface area (Å²) in [6.07, 6.45) is 4.56. The second-order valence-electron chi connectivity index (χ2n) is 5.54. The van der Waals surface area contributed by atoms with Crippen molar-refractivity contribution in [3.63, 3.8) is 0 Å². The zero-order valence-electron chi connectivity index (χ0n) is 11.8. The molecule has 2 rings (SSSR count). The molecule has 0 bridgehead atoms. The van der Waals surface area contributed by atoms with Crippen molar-refractivity contribution >= 4 is 11.0 Å². The summed E-state index contributed by atoms with van der Waals surface area (Å²) >= 11 is 0. The predicted molar refractivity (Wildman–Crippen MR) is 69.5 cm³/mol. The third-order valence-electron chi connectivity index (χ3n) is 1.79. The Morgan fingerprint density at radius 2 is 1.78 bits per heavy atom. The molecule has 0 aromatic carbocycles. The van der Waals surface area contributed by atoms with Crippen LogP contribution in [-0.2, 0) is 26.5 Å². The van der Waals surface area contributed by atoms with Gasteiger partial charge in [0.05, 0.1) is 0 Å². The van der Waals surface area contributed by atoms with E-state index in [4.69, 9.17) is 0 Å². The second kappa shape index (κ2) is 6.98. The summed E-state index contributed by atoms with van der Waals surface area (Å²) < 4.78 is 0. The van der Waals surface area contributed by atoms with Gasteiger partial charge in [-0.05, 0) is 16.4 Å². The molecule has 18 heavy (non-hydrogen) atoms. The van der Waals surface area contributed by atoms with Crippen LogP contribution in [0.4, 0.5) is 0 Å². The molecule has 0 spiro atoms. The van der Waals surface area contributed by atoms with Gasteiger partial charge in [0.25, 0.3) is 0 Å². The molecule has 2 heterocycles. The Labute approximate surface area is 123 Å². The summed E-state index contributed by atoms with van der Waals surface area (Å²) in [7, 11) is 0. The number of rotatable bonds is 0. The fourth-order valence-corrected chi connectivity index (χ4v) is 1.03. The zero-order chi connectivity index (χ0) is 13.1. The van der Waals surface area contributed by atoms with Gasteiger partial charge in [0.1, 0.15) is 0 Å². The Morgan fingerprint density at radius 1 is 1.22 bits per heavy atom. The van der Waals surface area contributed by atoms with Gasteiger partial charge in [-0.1, -0.05) is 27.0 Å². The van der Waals surface area contributed by atoms with E-state index in [0.717, 1.165) is 16.9 Å². The van der Waals surface area contributed by atoms with Crippen molar-refractivity contribution in [2.75, 3.05) is 0 Å². The van der Waals surface area contributed by atoms with E-state index in [1.807, 2.05) is 0 Å². The van der Waals surface area contributed by atoms with Crippen LogP contribution in [0.1, 0.15) is 47.4 Å². The summed E-state index contributed by atoms with van der Waals surface area (Å²) in [5.74, 6) is 2.21. The van der Waals surface area contributed by atoms with Crippen LogP contribution in [0.15, 0.2) is 6.20 Å². The molecule has 0 saturated heterocycles. The Balaban J connectivity index is 0.000000512.